The number of rotatable bonds is 13. The maximum absolute atomic E-state index is 12.8. The first-order chi connectivity index (χ1) is 22.2. The van der Waals surface area contributed by atoms with E-state index in [-0.39, 0.29) is 19.8 Å². The number of esters is 1. The summed E-state index contributed by atoms with van der Waals surface area (Å²) in [6.45, 7) is 5.77. The molecule has 3 aromatic carbocycles. The molecule has 0 radical (unpaired) electrons. The number of hydrazone groups is 1. The molecule has 46 heavy (non-hydrogen) atoms. The lowest BCUT2D eigenvalue weighted by atomic mass is 9.95. The summed E-state index contributed by atoms with van der Waals surface area (Å²) < 4.78 is 23.5. The lowest BCUT2D eigenvalue weighted by Crippen LogP contribution is -2.45. The van der Waals surface area contributed by atoms with E-state index >= 15 is 0 Å². The highest BCUT2D eigenvalue weighted by Gasteiger charge is 2.32. The third kappa shape index (κ3) is 8.62. The SMILES string of the molecule is CCOC(=O)C1=C(C)NC(=S)N[C@H]1c1ccccc1OCC(=O)NN=Cc1cc(Br)c(OCc2ccccc2C#N)c(OCC)c1. The summed E-state index contributed by atoms with van der Waals surface area (Å²) in [4.78, 5) is 25.4. The first-order valence-electron chi connectivity index (χ1n) is 14.3. The van der Waals surface area contributed by atoms with Crippen LogP contribution in [0.25, 0.3) is 0 Å². The monoisotopic (exact) mass is 705 g/mol. The van der Waals surface area contributed by atoms with Gasteiger partial charge in [0.05, 0.1) is 47.1 Å². The zero-order valence-corrected chi connectivity index (χ0v) is 27.8. The molecule has 3 N–H and O–H groups in total. The summed E-state index contributed by atoms with van der Waals surface area (Å²) in [6.07, 6.45) is 1.47. The summed E-state index contributed by atoms with van der Waals surface area (Å²) in [7, 11) is 0. The van der Waals surface area contributed by atoms with Crippen LogP contribution in [-0.2, 0) is 20.9 Å². The van der Waals surface area contributed by atoms with E-state index in [1.54, 1.807) is 62.4 Å². The number of allylic oxidation sites excluding steroid dienone is 1. The lowest BCUT2D eigenvalue weighted by Gasteiger charge is -2.30. The second-order valence-electron chi connectivity index (χ2n) is 9.73. The second kappa shape index (κ2) is 16.4. The summed E-state index contributed by atoms with van der Waals surface area (Å²) in [5, 5.41) is 19.8. The van der Waals surface area contributed by atoms with Crippen molar-refractivity contribution in [1.82, 2.24) is 16.1 Å². The van der Waals surface area contributed by atoms with Gasteiger partial charge in [-0.25, -0.2) is 10.2 Å². The average molecular weight is 707 g/mol. The van der Waals surface area contributed by atoms with Crippen molar-refractivity contribution in [2.45, 2.75) is 33.4 Å². The Labute approximate surface area is 280 Å². The molecular weight excluding hydrogens is 674 g/mol. The van der Waals surface area contributed by atoms with Gasteiger partial charge in [-0.1, -0.05) is 36.4 Å². The molecule has 238 valence electrons. The van der Waals surface area contributed by atoms with Crippen molar-refractivity contribution in [2.24, 2.45) is 5.10 Å². The van der Waals surface area contributed by atoms with Crippen LogP contribution in [0.2, 0.25) is 0 Å². The van der Waals surface area contributed by atoms with Crippen LogP contribution in [0.5, 0.6) is 17.2 Å². The van der Waals surface area contributed by atoms with Crippen molar-refractivity contribution in [1.29, 1.82) is 5.26 Å². The van der Waals surface area contributed by atoms with E-state index in [2.05, 4.69) is 43.2 Å². The summed E-state index contributed by atoms with van der Waals surface area (Å²) in [6, 6.07) is 19.3. The number of nitriles is 1. The molecule has 1 heterocycles. The minimum atomic E-state index is -0.642. The summed E-state index contributed by atoms with van der Waals surface area (Å²) in [5.41, 5.74) is 5.91. The largest absolute Gasteiger partial charge is 0.490 e. The molecule has 1 atom stereocenters. The Bertz CT molecular complexity index is 1720. The highest BCUT2D eigenvalue weighted by molar-refractivity contribution is 9.10. The van der Waals surface area contributed by atoms with Crippen molar-refractivity contribution in [2.75, 3.05) is 19.8 Å². The van der Waals surface area contributed by atoms with Gasteiger partial charge in [0.1, 0.15) is 12.4 Å². The van der Waals surface area contributed by atoms with Crippen molar-refractivity contribution in [3.05, 3.63) is 98.7 Å². The number of ether oxygens (including phenoxy) is 4. The molecule has 0 aromatic heterocycles. The molecule has 4 rings (SSSR count). The number of nitrogens with zero attached hydrogens (tertiary/aromatic N) is 2. The standard InChI is InChI=1S/C33H32BrN5O6S/c1-4-42-27-15-21(14-25(34)31(27)45-18-23-11-7-6-10-22(23)16-35)17-36-39-28(40)19-44-26-13-9-8-12-24(26)30-29(32(41)43-5-2)20(3)37-33(46)38-30/h6-15,17,30H,4-5,18-19H2,1-3H3,(H,39,40)(H2,37,38,46)/t30-/m0/s1. The first kappa shape index (κ1) is 34.0. The van der Waals surface area contributed by atoms with Gasteiger partial charge in [-0.05, 0) is 78.7 Å². The molecule has 1 amide bonds. The van der Waals surface area contributed by atoms with Gasteiger partial charge in [0.15, 0.2) is 23.2 Å². The fraction of sp³-hybridized carbons (Fsp3) is 0.242. The van der Waals surface area contributed by atoms with E-state index in [1.807, 2.05) is 19.1 Å². The number of benzene rings is 3. The van der Waals surface area contributed by atoms with Crippen LogP contribution in [0, 0.1) is 11.3 Å². The van der Waals surface area contributed by atoms with E-state index in [4.69, 9.17) is 31.2 Å². The van der Waals surface area contributed by atoms with Crippen LogP contribution in [0.3, 0.4) is 0 Å². The molecule has 3 aromatic rings. The summed E-state index contributed by atoms with van der Waals surface area (Å²) in [5.74, 6) is 0.339. The number of nitrogens with one attached hydrogen (secondary N) is 3. The first-order valence-corrected chi connectivity index (χ1v) is 15.5. The van der Waals surface area contributed by atoms with Gasteiger partial charge in [0.2, 0.25) is 0 Å². The highest BCUT2D eigenvalue weighted by atomic mass is 79.9. The van der Waals surface area contributed by atoms with E-state index in [1.165, 1.54) is 6.21 Å². The average Bonchev–Trinajstić information content (AvgIpc) is 3.03. The number of amides is 1. The molecule has 0 aliphatic carbocycles. The van der Waals surface area contributed by atoms with Crippen LogP contribution < -0.4 is 30.3 Å². The number of carbonyl (C=O) groups excluding carboxylic acids is 2. The zero-order valence-electron chi connectivity index (χ0n) is 25.4. The molecule has 0 unspecified atom stereocenters. The molecule has 0 saturated carbocycles. The predicted molar refractivity (Wildman–Crippen MR) is 179 cm³/mol. The van der Waals surface area contributed by atoms with Gasteiger partial charge in [0, 0.05) is 16.8 Å². The molecule has 1 aliphatic rings. The second-order valence-corrected chi connectivity index (χ2v) is 11.0. The Hall–Kier alpha value is -4.93. The van der Waals surface area contributed by atoms with Gasteiger partial charge in [-0.3, -0.25) is 4.79 Å². The lowest BCUT2D eigenvalue weighted by molar-refractivity contribution is -0.139. The van der Waals surface area contributed by atoms with Gasteiger partial charge in [-0.2, -0.15) is 10.4 Å². The number of para-hydroxylation sites is 1. The van der Waals surface area contributed by atoms with E-state index in [9.17, 15) is 14.9 Å². The minimum Gasteiger partial charge on any atom is -0.490 e. The van der Waals surface area contributed by atoms with Crippen molar-refractivity contribution >= 4 is 51.4 Å². The number of thiocarbonyl (C=S) groups is 1. The topological polar surface area (TPSA) is 143 Å². The predicted octanol–water partition coefficient (Wildman–Crippen LogP) is 5.18. The molecule has 0 bridgehead atoms. The maximum atomic E-state index is 12.8. The molecule has 1 aliphatic heterocycles. The van der Waals surface area contributed by atoms with Crippen molar-refractivity contribution in [3.63, 3.8) is 0 Å². The van der Waals surface area contributed by atoms with Gasteiger partial charge in [-0.15, -0.1) is 0 Å². The normalized spacial score (nSPS) is 14.2. The number of hydrogen-bond donors (Lipinski definition) is 3. The third-order valence-corrected chi connectivity index (χ3v) is 7.41. The Kier molecular flexibility index (Phi) is 12.1. The molecule has 0 spiro atoms. The van der Waals surface area contributed by atoms with E-state index in [0.29, 0.717) is 61.4 Å². The number of carbonyl (C=O) groups is 2. The number of halogens is 1. The Morgan fingerprint density at radius 1 is 1.07 bits per heavy atom. The fourth-order valence-electron chi connectivity index (χ4n) is 4.58. The minimum absolute atomic E-state index is 0.176. The zero-order chi connectivity index (χ0) is 33.1. The maximum Gasteiger partial charge on any atom is 0.338 e. The number of hydrogen-bond acceptors (Lipinski definition) is 9. The molecule has 0 saturated heterocycles. The van der Waals surface area contributed by atoms with Crippen LogP contribution in [0.1, 0.15) is 49.1 Å². The Morgan fingerprint density at radius 3 is 2.59 bits per heavy atom. The van der Waals surface area contributed by atoms with Gasteiger partial charge >= 0.3 is 5.97 Å². The smallest absolute Gasteiger partial charge is 0.338 e. The van der Waals surface area contributed by atoms with Crippen molar-refractivity contribution in [3.8, 4) is 23.3 Å². The van der Waals surface area contributed by atoms with Crippen molar-refractivity contribution < 1.29 is 28.5 Å². The van der Waals surface area contributed by atoms with Gasteiger partial charge in [0.25, 0.3) is 5.91 Å². The molecule has 13 heteroatoms. The van der Waals surface area contributed by atoms with Crippen LogP contribution in [-0.4, -0.2) is 43.0 Å². The highest BCUT2D eigenvalue weighted by Crippen LogP contribution is 2.37. The van der Waals surface area contributed by atoms with Crippen LogP contribution in [0.15, 0.2) is 81.5 Å². The Morgan fingerprint density at radius 2 is 1.83 bits per heavy atom. The van der Waals surface area contributed by atoms with E-state index < -0.39 is 17.9 Å². The molecule has 11 nitrogen and oxygen atoms in total. The van der Waals surface area contributed by atoms with Crippen LogP contribution >= 0.6 is 28.1 Å². The molecular formula is C33H32BrN5O6S. The van der Waals surface area contributed by atoms with Crippen LogP contribution in [0.4, 0.5) is 0 Å². The van der Waals surface area contributed by atoms with E-state index in [0.717, 1.165) is 5.56 Å². The fourth-order valence-corrected chi connectivity index (χ4v) is 5.43. The third-order valence-electron chi connectivity index (χ3n) is 6.60. The van der Waals surface area contributed by atoms with Gasteiger partial charge < -0.3 is 29.6 Å². The quantitative estimate of drug-likeness (QED) is 0.0942. The molecule has 0 fully saturated rings. The summed E-state index contributed by atoms with van der Waals surface area (Å²) >= 11 is 8.85. The Balaban J connectivity index is 1.42.